The van der Waals surface area contributed by atoms with Crippen molar-refractivity contribution in [3.63, 3.8) is 0 Å². The van der Waals surface area contributed by atoms with E-state index in [9.17, 15) is 4.79 Å². The minimum Gasteiger partial charge on any atom is -0.355 e. The Kier molecular flexibility index (Phi) is 5.34. The standard InChI is InChI=1S/C13H22N2O/c1-2-3-7-10-15-12(16)11-13(14)8-5-4-6-9-13/h4-11,14H2,1H3,(H,15,16). The minimum absolute atomic E-state index is 0.0716. The van der Waals surface area contributed by atoms with Crippen molar-refractivity contribution in [3.05, 3.63) is 0 Å². The number of carbonyl (C=O) groups is 1. The molecule has 0 aromatic carbocycles. The zero-order valence-electron chi connectivity index (χ0n) is 10.1. The van der Waals surface area contributed by atoms with Gasteiger partial charge in [0.25, 0.3) is 0 Å². The van der Waals surface area contributed by atoms with Gasteiger partial charge in [-0.15, -0.1) is 11.8 Å². The van der Waals surface area contributed by atoms with Crippen LogP contribution in [0.5, 0.6) is 0 Å². The maximum Gasteiger partial charge on any atom is 0.221 e. The van der Waals surface area contributed by atoms with Gasteiger partial charge < -0.3 is 11.1 Å². The van der Waals surface area contributed by atoms with E-state index in [0.29, 0.717) is 13.0 Å². The molecule has 1 rings (SSSR count). The van der Waals surface area contributed by atoms with Crippen LogP contribution in [0.2, 0.25) is 0 Å². The average molecular weight is 222 g/mol. The third kappa shape index (κ3) is 4.67. The molecule has 1 aliphatic carbocycles. The van der Waals surface area contributed by atoms with Gasteiger partial charge in [0, 0.05) is 24.9 Å². The molecule has 90 valence electrons. The fourth-order valence-corrected chi connectivity index (χ4v) is 2.20. The maximum atomic E-state index is 11.6. The summed E-state index contributed by atoms with van der Waals surface area (Å²) in [4.78, 5) is 11.6. The van der Waals surface area contributed by atoms with Crippen molar-refractivity contribution in [2.75, 3.05) is 6.54 Å². The molecular formula is C13H22N2O. The second-order valence-electron chi connectivity index (χ2n) is 4.63. The molecule has 0 heterocycles. The van der Waals surface area contributed by atoms with Gasteiger partial charge in [-0.25, -0.2) is 0 Å². The van der Waals surface area contributed by atoms with E-state index in [4.69, 9.17) is 5.73 Å². The lowest BCUT2D eigenvalue weighted by atomic mass is 9.80. The Labute approximate surface area is 98.2 Å². The molecule has 16 heavy (non-hydrogen) atoms. The second-order valence-corrected chi connectivity index (χ2v) is 4.63. The maximum absolute atomic E-state index is 11.6. The normalized spacial score (nSPS) is 18.4. The first-order chi connectivity index (χ1) is 7.66. The Balaban J connectivity index is 2.23. The predicted octanol–water partition coefficient (Wildman–Crippen LogP) is 1.57. The Morgan fingerprint density at radius 3 is 2.69 bits per heavy atom. The summed E-state index contributed by atoms with van der Waals surface area (Å²) in [5.41, 5.74) is 5.95. The largest absolute Gasteiger partial charge is 0.355 e. The van der Waals surface area contributed by atoms with Crippen LogP contribution in [0.4, 0.5) is 0 Å². The van der Waals surface area contributed by atoms with Crippen LogP contribution < -0.4 is 11.1 Å². The van der Waals surface area contributed by atoms with Gasteiger partial charge in [0.1, 0.15) is 0 Å². The van der Waals surface area contributed by atoms with Crippen LogP contribution in [0.15, 0.2) is 0 Å². The summed E-state index contributed by atoms with van der Waals surface area (Å²) in [5.74, 6) is 5.80. The highest BCUT2D eigenvalue weighted by molar-refractivity contribution is 5.77. The summed E-state index contributed by atoms with van der Waals surface area (Å²) in [6.45, 7) is 2.44. The van der Waals surface area contributed by atoms with Gasteiger partial charge in [-0.2, -0.15) is 0 Å². The van der Waals surface area contributed by atoms with E-state index in [1.165, 1.54) is 6.42 Å². The van der Waals surface area contributed by atoms with Gasteiger partial charge in [-0.05, 0) is 19.8 Å². The summed E-state index contributed by atoms with van der Waals surface area (Å²) in [6.07, 6.45) is 6.72. The van der Waals surface area contributed by atoms with E-state index < -0.39 is 0 Å². The van der Waals surface area contributed by atoms with Crippen molar-refractivity contribution in [2.24, 2.45) is 5.73 Å². The molecule has 0 saturated heterocycles. The van der Waals surface area contributed by atoms with Gasteiger partial charge in [0.2, 0.25) is 5.91 Å². The van der Waals surface area contributed by atoms with Gasteiger partial charge >= 0.3 is 0 Å². The van der Waals surface area contributed by atoms with Crippen LogP contribution in [0.1, 0.15) is 51.9 Å². The van der Waals surface area contributed by atoms with E-state index in [0.717, 1.165) is 32.1 Å². The van der Waals surface area contributed by atoms with Crippen molar-refractivity contribution < 1.29 is 4.79 Å². The van der Waals surface area contributed by atoms with Crippen molar-refractivity contribution in [1.82, 2.24) is 5.32 Å². The van der Waals surface area contributed by atoms with E-state index >= 15 is 0 Å². The van der Waals surface area contributed by atoms with Crippen molar-refractivity contribution in [3.8, 4) is 11.8 Å². The highest BCUT2D eigenvalue weighted by Crippen LogP contribution is 2.28. The van der Waals surface area contributed by atoms with E-state index in [1.54, 1.807) is 6.92 Å². The quantitative estimate of drug-likeness (QED) is 0.560. The van der Waals surface area contributed by atoms with Crippen LogP contribution in [0.25, 0.3) is 0 Å². The highest BCUT2D eigenvalue weighted by Gasteiger charge is 2.29. The van der Waals surface area contributed by atoms with Crippen LogP contribution in [-0.4, -0.2) is 18.0 Å². The Hall–Kier alpha value is -1.01. The number of nitrogens with two attached hydrogens (primary N) is 1. The Bertz CT molecular complexity index is 282. The lowest BCUT2D eigenvalue weighted by Crippen LogP contribution is -2.46. The topological polar surface area (TPSA) is 55.1 Å². The van der Waals surface area contributed by atoms with Crippen LogP contribution in [0, 0.1) is 11.8 Å². The molecule has 0 unspecified atom stereocenters. The van der Waals surface area contributed by atoms with Crippen molar-refractivity contribution in [2.45, 2.75) is 57.4 Å². The van der Waals surface area contributed by atoms with Gasteiger partial charge in [-0.3, -0.25) is 4.79 Å². The van der Waals surface area contributed by atoms with Crippen LogP contribution in [0.3, 0.4) is 0 Å². The zero-order chi connectivity index (χ0) is 11.9. The third-order valence-corrected chi connectivity index (χ3v) is 3.11. The summed E-state index contributed by atoms with van der Waals surface area (Å²) in [5, 5.41) is 2.87. The predicted molar refractivity (Wildman–Crippen MR) is 65.7 cm³/mol. The summed E-state index contributed by atoms with van der Waals surface area (Å²) >= 11 is 0. The molecule has 1 amide bonds. The number of rotatable bonds is 4. The summed E-state index contributed by atoms with van der Waals surface area (Å²) in [6, 6.07) is 0. The molecule has 0 radical (unpaired) electrons. The molecule has 3 heteroatoms. The molecule has 0 spiro atoms. The van der Waals surface area contributed by atoms with Crippen molar-refractivity contribution >= 4 is 5.91 Å². The third-order valence-electron chi connectivity index (χ3n) is 3.11. The van der Waals surface area contributed by atoms with Gasteiger partial charge in [0.05, 0.1) is 0 Å². The van der Waals surface area contributed by atoms with E-state index in [1.807, 2.05) is 0 Å². The minimum atomic E-state index is -0.251. The molecule has 1 saturated carbocycles. The number of hydrogen-bond acceptors (Lipinski definition) is 2. The average Bonchev–Trinajstić information content (AvgIpc) is 2.25. The molecule has 0 aromatic heterocycles. The fraction of sp³-hybridized carbons (Fsp3) is 0.769. The molecular weight excluding hydrogens is 200 g/mol. The highest BCUT2D eigenvalue weighted by atomic mass is 16.1. The van der Waals surface area contributed by atoms with Gasteiger partial charge in [0.15, 0.2) is 0 Å². The first-order valence-electron chi connectivity index (χ1n) is 6.11. The molecule has 3 nitrogen and oxygen atoms in total. The molecule has 1 fully saturated rings. The summed E-state index contributed by atoms with van der Waals surface area (Å²) in [7, 11) is 0. The Morgan fingerprint density at radius 1 is 1.38 bits per heavy atom. The smallest absolute Gasteiger partial charge is 0.221 e. The first-order valence-corrected chi connectivity index (χ1v) is 6.11. The van der Waals surface area contributed by atoms with Crippen LogP contribution in [-0.2, 0) is 4.79 Å². The van der Waals surface area contributed by atoms with Crippen molar-refractivity contribution in [1.29, 1.82) is 0 Å². The monoisotopic (exact) mass is 222 g/mol. The molecule has 0 bridgehead atoms. The molecule has 0 aliphatic heterocycles. The number of hydrogen-bond donors (Lipinski definition) is 2. The number of nitrogens with one attached hydrogen (secondary N) is 1. The fourth-order valence-electron chi connectivity index (χ4n) is 2.20. The number of carbonyl (C=O) groups excluding carboxylic acids is 1. The molecule has 1 aliphatic rings. The Morgan fingerprint density at radius 2 is 2.06 bits per heavy atom. The lowest BCUT2D eigenvalue weighted by Gasteiger charge is -2.32. The molecule has 0 aromatic rings. The lowest BCUT2D eigenvalue weighted by molar-refractivity contribution is -0.122. The number of amides is 1. The second kappa shape index (κ2) is 6.55. The summed E-state index contributed by atoms with van der Waals surface area (Å²) < 4.78 is 0. The van der Waals surface area contributed by atoms with Crippen LogP contribution >= 0.6 is 0 Å². The SMILES string of the molecule is CC#CCCNC(=O)CC1(N)CCCCC1. The van der Waals surface area contributed by atoms with E-state index in [2.05, 4.69) is 17.2 Å². The molecule has 3 N–H and O–H groups in total. The van der Waals surface area contributed by atoms with E-state index in [-0.39, 0.29) is 11.4 Å². The van der Waals surface area contributed by atoms with Gasteiger partial charge in [-0.1, -0.05) is 19.3 Å². The first kappa shape index (κ1) is 13.1. The molecule has 0 atom stereocenters. The zero-order valence-corrected chi connectivity index (χ0v) is 10.1.